The highest BCUT2D eigenvalue weighted by molar-refractivity contribution is 6.33. The van der Waals surface area contributed by atoms with E-state index in [9.17, 15) is 19.5 Å². The molecular weight excluding hydrogens is 436 g/mol. The molecule has 0 bridgehead atoms. The fourth-order valence-corrected chi connectivity index (χ4v) is 4.76. The average Bonchev–Trinajstić information content (AvgIpc) is 3.14. The van der Waals surface area contributed by atoms with Crippen molar-refractivity contribution in [2.75, 3.05) is 19.7 Å². The molecule has 2 fully saturated rings. The molecule has 4 rings (SSSR count). The smallest absolute Gasteiger partial charge is 0.323 e. The predicted octanol–water partition coefficient (Wildman–Crippen LogP) is 2.68. The molecule has 2 amide bonds. The minimum atomic E-state index is -0.985. The number of fused-ring (bicyclic) bond motifs is 2. The van der Waals surface area contributed by atoms with Gasteiger partial charge < -0.3 is 19.6 Å². The summed E-state index contributed by atoms with van der Waals surface area (Å²) in [4.78, 5) is 43.3. The molecule has 1 aliphatic carbocycles. The van der Waals surface area contributed by atoms with E-state index in [2.05, 4.69) is 10.3 Å². The minimum Gasteiger partial charge on any atom is -0.492 e. The van der Waals surface area contributed by atoms with Crippen molar-refractivity contribution in [1.82, 2.24) is 15.1 Å². The monoisotopic (exact) mass is 462 g/mol. The number of aliphatic carboxylic acids is 1. The summed E-state index contributed by atoms with van der Waals surface area (Å²) in [6.45, 7) is 0.744. The Balaban J connectivity index is 1.32. The molecule has 2 heterocycles. The fourth-order valence-electron chi connectivity index (χ4n) is 4.49. The van der Waals surface area contributed by atoms with Crippen molar-refractivity contribution < 1.29 is 24.2 Å². The van der Waals surface area contributed by atoms with Crippen LogP contribution in [0.2, 0.25) is 5.02 Å². The Bertz CT molecular complexity index is 944. The molecule has 2 aliphatic heterocycles. The summed E-state index contributed by atoms with van der Waals surface area (Å²) in [6, 6.07) is 3.55. The average molecular weight is 463 g/mol. The Morgan fingerprint density at radius 2 is 2.03 bits per heavy atom. The summed E-state index contributed by atoms with van der Waals surface area (Å²) >= 11 is 6.54. The first-order valence-corrected chi connectivity index (χ1v) is 11.4. The van der Waals surface area contributed by atoms with Crippen molar-refractivity contribution in [3.8, 4) is 5.75 Å². The Labute approximate surface area is 191 Å². The van der Waals surface area contributed by atoms with Crippen molar-refractivity contribution in [1.29, 1.82) is 0 Å². The van der Waals surface area contributed by atoms with Gasteiger partial charge in [0.05, 0.1) is 23.9 Å². The molecule has 10 heteroatoms. The number of carboxylic acid groups (broad SMARTS) is 1. The third-order valence-electron chi connectivity index (χ3n) is 6.08. The van der Waals surface area contributed by atoms with Crippen molar-refractivity contribution in [2.24, 2.45) is 4.99 Å². The maximum Gasteiger partial charge on any atom is 0.323 e. The van der Waals surface area contributed by atoms with E-state index in [0.29, 0.717) is 35.4 Å². The first-order chi connectivity index (χ1) is 15.4. The van der Waals surface area contributed by atoms with Gasteiger partial charge in [0.1, 0.15) is 18.8 Å². The number of rotatable bonds is 8. The molecule has 0 aromatic heterocycles. The Morgan fingerprint density at radius 1 is 1.25 bits per heavy atom. The lowest BCUT2D eigenvalue weighted by Crippen LogP contribution is -2.44. The zero-order valence-corrected chi connectivity index (χ0v) is 18.6. The van der Waals surface area contributed by atoms with Gasteiger partial charge in [-0.15, -0.1) is 0 Å². The zero-order chi connectivity index (χ0) is 22.7. The number of nitrogens with one attached hydrogen (secondary N) is 1. The number of benzene rings is 1. The molecule has 3 aliphatic rings. The number of carbonyl (C=O) groups is 3. The third-order valence-corrected chi connectivity index (χ3v) is 6.49. The summed E-state index contributed by atoms with van der Waals surface area (Å²) in [5, 5.41) is 12.4. The number of amides is 2. The predicted molar refractivity (Wildman–Crippen MR) is 118 cm³/mol. The third kappa shape index (κ3) is 4.98. The summed E-state index contributed by atoms with van der Waals surface area (Å²) in [7, 11) is 0. The van der Waals surface area contributed by atoms with E-state index in [1.807, 2.05) is 4.90 Å². The zero-order valence-electron chi connectivity index (χ0n) is 17.8. The second-order valence-corrected chi connectivity index (χ2v) is 8.75. The lowest BCUT2D eigenvalue weighted by molar-refractivity contribution is -0.146. The van der Waals surface area contributed by atoms with Gasteiger partial charge >= 0.3 is 5.97 Å². The van der Waals surface area contributed by atoms with Crippen LogP contribution in [-0.4, -0.2) is 64.4 Å². The first kappa shape index (κ1) is 22.4. The minimum absolute atomic E-state index is 0.0146. The lowest BCUT2D eigenvalue weighted by Gasteiger charge is -2.33. The van der Waals surface area contributed by atoms with Crippen molar-refractivity contribution >= 4 is 41.0 Å². The number of ether oxygens (including phenoxy) is 1. The summed E-state index contributed by atoms with van der Waals surface area (Å²) in [5.41, 5.74) is 1.49. The van der Waals surface area contributed by atoms with Crippen molar-refractivity contribution in [3.05, 3.63) is 22.7 Å². The van der Waals surface area contributed by atoms with Gasteiger partial charge in [0, 0.05) is 18.0 Å². The van der Waals surface area contributed by atoms with Crippen LogP contribution in [0.25, 0.3) is 0 Å². The molecule has 172 valence electrons. The van der Waals surface area contributed by atoms with Crippen LogP contribution in [0.4, 0.5) is 5.69 Å². The van der Waals surface area contributed by atoms with Gasteiger partial charge in [-0.2, -0.15) is 0 Å². The maximum atomic E-state index is 12.7. The molecule has 0 radical (unpaired) electrons. The van der Waals surface area contributed by atoms with E-state index in [1.54, 1.807) is 12.1 Å². The van der Waals surface area contributed by atoms with Crippen LogP contribution in [0, 0.1) is 0 Å². The van der Waals surface area contributed by atoms with Crippen LogP contribution in [0.5, 0.6) is 5.75 Å². The number of nitrogens with zero attached hydrogens (tertiary/aromatic N) is 3. The van der Waals surface area contributed by atoms with Gasteiger partial charge in [-0.05, 0) is 31.4 Å². The Morgan fingerprint density at radius 3 is 2.78 bits per heavy atom. The van der Waals surface area contributed by atoms with Crippen molar-refractivity contribution in [2.45, 2.75) is 57.5 Å². The molecular formula is C22H27ClN4O5. The molecule has 1 aromatic rings. The van der Waals surface area contributed by atoms with Crippen LogP contribution in [0.1, 0.15) is 50.5 Å². The second kappa shape index (κ2) is 9.77. The van der Waals surface area contributed by atoms with Crippen LogP contribution in [0.3, 0.4) is 0 Å². The van der Waals surface area contributed by atoms with Gasteiger partial charge in [-0.1, -0.05) is 30.9 Å². The van der Waals surface area contributed by atoms with Gasteiger partial charge in [0.25, 0.3) is 0 Å². The number of halogens is 1. The summed E-state index contributed by atoms with van der Waals surface area (Å²) in [5.74, 6) is -0.187. The molecule has 9 nitrogen and oxygen atoms in total. The highest BCUT2D eigenvalue weighted by atomic mass is 35.5. The molecule has 1 saturated heterocycles. The van der Waals surface area contributed by atoms with Crippen LogP contribution in [0.15, 0.2) is 17.1 Å². The summed E-state index contributed by atoms with van der Waals surface area (Å²) in [6.07, 6.45) is 5.61. The number of hydrogen-bond donors (Lipinski definition) is 2. The molecule has 1 aromatic carbocycles. The molecule has 0 spiro atoms. The maximum absolute atomic E-state index is 12.7. The number of carboxylic acids is 1. The van der Waals surface area contributed by atoms with Crippen LogP contribution < -0.4 is 10.1 Å². The van der Waals surface area contributed by atoms with Crippen LogP contribution in [-0.2, 0) is 20.9 Å². The Kier molecular flexibility index (Phi) is 6.83. The number of aliphatic imine (C=N–C) groups is 1. The van der Waals surface area contributed by atoms with Gasteiger partial charge in [0.2, 0.25) is 17.8 Å². The number of carbonyl (C=O) groups excluding carboxylic acids is 2. The lowest BCUT2D eigenvalue weighted by atomic mass is 9.94. The highest BCUT2D eigenvalue weighted by Gasteiger charge is 2.31. The number of hydrogen-bond acceptors (Lipinski definition) is 6. The van der Waals surface area contributed by atoms with Gasteiger partial charge in [-0.25, -0.2) is 4.99 Å². The van der Waals surface area contributed by atoms with E-state index in [4.69, 9.17) is 16.3 Å². The van der Waals surface area contributed by atoms with E-state index in [-0.39, 0.29) is 44.0 Å². The first-order valence-electron chi connectivity index (χ1n) is 11.0. The fraction of sp³-hybridized carbons (Fsp3) is 0.545. The van der Waals surface area contributed by atoms with E-state index in [0.717, 1.165) is 37.7 Å². The molecule has 2 N–H and O–H groups in total. The van der Waals surface area contributed by atoms with Gasteiger partial charge in [0.15, 0.2) is 0 Å². The van der Waals surface area contributed by atoms with Gasteiger partial charge in [-0.3, -0.25) is 19.7 Å². The Hall–Kier alpha value is -2.81. The standard InChI is InChI=1S/C22H27ClN4O5/c23-21-15-11-26-12-18(28)25-22(26)24-16(15)8-9-17(21)32-10-4-7-19(29)27(13-20(30)31)14-5-2-1-3-6-14/h8-9,14H,1-7,10-13H2,(H,30,31)(H,24,25,28). The normalized spacial score (nSPS) is 17.8. The quantitative estimate of drug-likeness (QED) is 0.574. The topological polar surface area (TPSA) is 112 Å². The molecule has 0 unspecified atom stereocenters. The second-order valence-electron chi connectivity index (χ2n) is 8.37. The van der Waals surface area contributed by atoms with Crippen molar-refractivity contribution in [3.63, 3.8) is 0 Å². The van der Waals surface area contributed by atoms with Crippen LogP contribution >= 0.6 is 11.6 Å². The molecule has 1 saturated carbocycles. The van der Waals surface area contributed by atoms with E-state index < -0.39 is 5.97 Å². The molecule has 0 atom stereocenters. The highest BCUT2D eigenvalue weighted by Crippen LogP contribution is 2.38. The molecule has 32 heavy (non-hydrogen) atoms. The van der Waals surface area contributed by atoms with E-state index in [1.165, 1.54) is 4.90 Å². The SMILES string of the molecule is O=C(O)CN(C(=O)CCCOc1ccc2c(c1Cl)CN1CC(=O)NC1=N2)C1CCCCC1. The summed E-state index contributed by atoms with van der Waals surface area (Å²) < 4.78 is 5.82. The number of guanidine groups is 1. The largest absolute Gasteiger partial charge is 0.492 e. The van der Waals surface area contributed by atoms with E-state index >= 15 is 0 Å².